The summed E-state index contributed by atoms with van der Waals surface area (Å²) in [4.78, 5) is 8.86. The Morgan fingerprint density at radius 3 is 2.43 bits per heavy atom. The maximum absolute atomic E-state index is 5.89. The summed E-state index contributed by atoms with van der Waals surface area (Å²) >= 11 is 0. The molecule has 0 bridgehead atoms. The van der Waals surface area contributed by atoms with Crippen LogP contribution in [0.15, 0.2) is 24.3 Å². The van der Waals surface area contributed by atoms with Gasteiger partial charge in [0.2, 0.25) is 5.88 Å². The number of nitrogens with one attached hydrogen (secondary N) is 1. The van der Waals surface area contributed by atoms with E-state index in [0.29, 0.717) is 11.7 Å². The molecule has 5 heteroatoms. The predicted octanol–water partition coefficient (Wildman–Crippen LogP) is 3.38. The molecule has 2 aromatic rings. The number of anilines is 1. The maximum Gasteiger partial charge on any atom is 0.227 e. The lowest BCUT2D eigenvalue weighted by Gasteiger charge is -2.12. The normalized spacial score (nSPS) is 10.5. The Labute approximate surface area is 125 Å². The van der Waals surface area contributed by atoms with Gasteiger partial charge in [0, 0.05) is 6.42 Å². The van der Waals surface area contributed by atoms with E-state index in [0.717, 1.165) is 36.4 Å². The molecule has 0 unspecified atom stereocenters. The highest BCUT2D eigenvalue weighted by Crippen LogP contribution is 2.27. The largest absolute Gasteiger partial charge is 0.439 e. The molecule has 0 amide bonds. The average Bonchev–Trinajstić information content (AvgIpc) is 2.51. The van der Waals surface area contributed by atoms with Crippen molar-refractivity contribution in [1.29, 1.82) is 0 Å². The third-order valence-corrected chi connectivity index (χ3v) is 3.30. The fraction of sp³-hybridized carbons (Fsp3) is 0.375. The third kappa shape index (κ3) is 3.70. The number of hydrogen-bond donors (Lipinski definition) is 2. The van der Waals surface area contributed by atoms with Crippen LogP contribution in [-0.2, 0) is 12.8 Å². The zero-order chi connectivity index (χ0) is 15.2. The highest BCUT2D eigenvalue weighted by molar-refractivity contribution is 5.48. The van der Waals surface area contributed by atoms with Gasteiger partial charge in [-0.1, -0.05) is 26.0 Å². The van der Waals surface area contributed by atoms with Gasteiger partial charge in [-0.15, -0.1) is 0 Å². The van der Waals surface area contributed by atoms with E-state index >= 15 is 0 Å². The van der Waals surface area contributed by atoms with E-state index in [1.54, 1.807) is 0 Å². The van der Waals surface area contributed by atoms with Crippen molar-refractivity contribution in [2.75, 3.05) is 5.43 Å². The second kappa shape index (κ2) is 7.04. The number of aryl methyl sites for hydroxylation is 2. The van der Waals surface area contributed by atoms with Crippen LogP contribution < -0.4 is 16.0 Å². The lowest BCUT2D eigenvalue weighted by Crippen LogP contribution is -2.13. The summed E-state index contributed by atoms with van der Waals surface area (Å²) < 4.78 is 5.89. The number of hydrazine groups is 1. The number of nitrogens with two attached hydrogens (primary N) is 1. The zero-order valence-corrected chi connectivity index (χ0v) is 12.8. The molecule has 0 aliphatic rings. The van der Waals surface area contributed by atoms with E-state index in [-0.39, 0.29) is 0 Å². The molecule has 0 radical (unpaired) electrons. The fourth-order valence-corrected chi connectivity index (χ4v) is 2.02. The van der Waals surface area contributed by atoms with Gasteiger partial charge in [0.25, 0.3) is 0 Å². The highest BCUT2D eigenvalue weighted by atomic mass is 16.5. The summed E-state index contributed by atoms with van der Waals surface area (Å²) in [5.74, 6) is 8.17. The van der Waals surface area contributed by atoms with Gasteiger partial charge in [-0.05, 0) is 37.5 Å². The number of aromatic nitrogens is 2. The van der Waals surface area contributed by atoms with E-state index < -0.39 is 0 Å². The van der Waals surface area contributed by atoms with Gasteiger partial charge in [0.1, 0.15) is 17.4 Å². The lowest BCUT2D eigenvalue weighted by atomic mass is 10.2. The van der Waals surface area contributed by atoms with Crippen molar-refractivity contribution in [2.45, 2.75) is 40.0 Å². The van der Waals surface area contributed by atoms with E-state index in [4.69, 9.17) is 10.6 Å². The minimum Gasteiger partial charge on any atom is -0.439 e. The molecule has 1 aromatic carbocycles. The number of benzene rings is 1. The topological polar surface area (TPSA) is 73.1 Å². The number of nitrogen functional groups attached to an aromatic ring is 1. The maximum atomic E-state index is 5.89. The van der Waals surface area contributed by atoms with Crippen LogP contribution in [0.5, 0.6) is 11.6 Å². The van der Waals surface area contributed by atoms with Crippen molar-refractivity contribution in [2.24, 2.45) is 5.84 Å². The second-order valence-corrected chi connectivity index (χ2v) is 4.91. The van der Waals surface area contributed by atoms with Crippen LogP contribution in [-0.4, -0.2) is 9.97 Å². The molecule has 112 valence electrons. The molecule has 0 saturated heterocycles. The molecule has 0 saturated carbocycles. The van der Waals surface area contributed by atoms with E-state index in [9.17, 15) is 0 Å². The van der Waals surface area contributed by atoms with Crippen LogP contribution in [0.25, 0.3) is 0 Å². The molecule has 5 nitrogen and oxygen atoms in total. The van der Waals surface area contributed by atoms with Crippen LogP contribution >= 0.6 is 0 Å². The Kier molecular flexibility index (Phi) is 5.11. The monoisotopic (exact) mass is 286 g/mol. The summed E-state index contributed by atoms with van der Waals surface area (Å²) in [6.07, 6.45) is 2.77. The van der Waals surface area contributed by atoms with E-state index in [2.05, 4.69) is 41.4 Å². The average molecular weight is 286 g/mol. The molecule has 2 rings (SSSR count). The first-order valence-corrected chi connectivity index (χ1v) is 7.28. The van der Waals surface area contributed by atoms with Crippen molar-refractivity contribution >= 4 is 5.82 Å². The van der Waals surface area contributed by atoms with Crippen molar-refractivity contribution < 1.29 is 4.74 Å². The number of nitrogens with zero attached hydrogens (tertiary/aromatic N) is 2. The Morgan fingerprint density at radius 2 is 1.86 bits per heavy atom. The molecule has 1 aromatic heterocycles. The van der Waals surface area contributed by atoms with Crippen LogP contribution in [0.1, 0.15) is 37.2 Å². The van der Waals surface area contributed by atoms with Gasteiger partial charge >= 0.3 is 0 Å². The Bertz CT molecular complexity index is 596. The molecule has 0 atom stereocenters. The van der Waals surface area contributed by atoms with Gasteiger partial charge in [0.15, 0.2) is 0 Å². The molecule has 0 aliphatic heterocycles. The Hall–Kier alpha value is -2.14. The Morgan fingerprint density at radius 1 is 1.14 bits per heavy atom. The van der Waals surface area contributed by atoms with Crippen molar-refractivity contribution in [3.63, 3.8) is 0 Å². The van der Waals surface area contributed by atoms with Gasteiger partial charge in [-0.2, -0.15) is 4.98 Å². The number of hydrogen-bond acceptors (Lipinski definition) is 5. The molecular weight excluding hydrogens is 264 g/mol. The smallest absolute Gasteiger partial charge is 0.227 e. The van der Waals surface area contributed by atoms with Crippen LogP contribution in [0, 0.1) is 6.92 Å². The first kappa shape index (κ1) is 15.3. The molecule has 0 aliphatic carbocycles. The minimum atomic E-state index is 0.547. The molecule has 1 heterocycles. The summed E-state index contributed by atoms with van der Waals surface area (Å²) in [5, 5.41) is 0. The standard InChI is InChI=1S/C16H22N4O/c1-4-6-14-18-15(20-17)11(3)16(19-14)21-13-9-7-12(5-2)8-10-13/h7-10H,4-6,17H2,1-3H3,(H,18,19,20). The predicted molar refractivity (Wildman–Crippen MR) is 84.5 cm³/mol. The highest BCUT2D eigenvalue weighted by Gasteiger charge is 2.12. The number of rotatable bonds is 6. The first-order valence-electron chi connectivity index (χ1n) is 7.28. The van der Waals surface area contributed by atoms with Gasteiger partial charge < -0.3 is 10.2 Å². The molecule has 21 heavy (non-hydrogen) atoms. The third-order valence-electron chi connectivity index (χ3n) is 3.30. The summed E-state index contributed by atoms with van der Waals surface area (Å²) in [6.45, 7) is 6.10. The quantitative estimate of drug-likeness (QED) is 0.629. The van der Waals surface area contributed by atoms with Gasteiger partial charge in [0.05, 0.1) is 5.56 Å². The van der Waals surface area contributed by atoms with Gasteiger partial charge in [-0.25, -0.2) is 10.8 Å². The fourth-order valence-electron chi connectivity index (χ4n) is 2.02. The van der Waals surface area contributed by atoms with E-state index in [1.165, 1.54) is 5.56 Å². The minimum absolute atomic E-state index is 0.547. The SMILES string of the molecule is CCCc1nc(NN)c(C)c(Oc2ccc(CC)cc2)n1. The van der Waals surface area contributed by atoms with Crippen LogP contribution in [0.4, 0.5) is 5.82 Å². The van der Waals surface area contributed by atoms with Crippen molar-refractivity contribution in [3.05, 3.63) is 41.2 Å². The molecule has 0 fully saturated rings. The summed E-state index contributed by atoms with van der Waals surface area (Å²) in [5.41, 5.74) is 4.69. The Balaban J connectivity index is 2.30. The molecule has 0 spiro atoms. The van der Waals surface area contributed by atoms with Gasteiger partial charge in [-0.3, -0.25) is 0 Å². The lowest BCUT2D eigenvalue weighted by molar-refractivity contribution is 0.454. The zero-order valence-electron chi connectivity index (χ0n) is 12.8. The van der Waals surface area contributed by atoms with Crippen molar-refractivity contribution in [3.8, 4) is 11.6 Å². The van der Waals surface area contributed by atoms with Crippen LogP contribution in [0.2, 0.25) is 0 Å². The molecular formula is C16H22N4O. The first-order chi connectivity index (χ1) is 10.2. The van der Waals surface area contributed by atoms with Crippen molar-refractivity contribution in [1.82, 2.24) is 9.97 Å². The summed E-state index contributed by atoms with van der Waals surface area (Å²) in [7, 11) is 0. The molecule has 3 N–H and O–H groups in total. The number of ether oxygens (including phenoxy) is 1. The van der Waals surface area contributed by atoms with Crippen LogP contribution in [0.3, 0.4) is 0 Å². The summed E-state index contributed by atoms with van der Waals surface area (Å²) in [6, 6.07) is 8.02. The second-order valence-electron chi connectivity index (χ2n) is 4.91. The van der Waals surface area contributed by atoms with E-state index in [1.807, 2.05) is 19.1 Å².